The van der Waals surface area contributed by atoms with Crippen molar-refractivity contribution >= 4 is 11.9 Å². The lowest BCUT2D eigenvalue weighted by atomic mass is 9.80. The van der Waals surface area contributed by atoms with Gasteiger partial charge in [-0.25, -0.2) is 4.98 Å². The predicted octanol–water partition coefficient (Wildman–Crippen LogP) is 2.10. The third-order valence-corrected chi connectivity index (χ3v) is 7.05. The van der Waals surface area contributed by atoms with Gasteiger partial charge in [-0.1, -0.05) is 0 Å². The molecule has 2 heterocycles. The van der Waals surface area contributed by atoms with E-state index in [9.17, 15) is 9.59 Å². The molecule has 2 saturated carbocycles. The van der Waals surface area contributed by atoms with E-state index in [1.807, 2.05) is 0 Å². The molecule has 0 saturated heterocycles. The molecule has 3 aliphatic rings. The predicted molar refractivity (Wildman–Crippen MR) is 105 cm³/mol. The molecule has 2 aliphatic carbocycles. The summed E-state index contributed by atoms with van der Waals surface area (Å²) in [6, 6.07) is 0.148. The van der Waals surface area contributed by atoms with Gasteiger partial charge in [0, 0.05) is 50.1 Å². The maximum absolute atomic E-state index is 12.7. The zero-order valence-corrected chi connectivity index (χ0v) is 16.7. The summed E-state index contributed by atoms with van der Waals surface area (Å²) in [6.07, 6.45) is 7.81. The molecule has 28 heavy (non-hydrogen) atoms. The van der Waals surface area contributed by atoms with Crippen molar-refractivity contribution in [3.8, 4) is 0 Å². The number of amides is 1. The standard InChI is InChI=1S/C21H32N4O3/c1-25-18-10-11-22-12-17(18)24-19(25)13-2-4-14(5-3-13)20(26)23-16-8-6-15(7-9-16)21(27)28/h13-16,22H,2-12H2,1H3,(H,23,26)(H,27,28). The largest absolute Gasteiger partial charge is 0.481 e. The average Bonchev–Trinajstić information content (AvgIpc) is 3.05. The molecule has 4 rings (SSSR count). The van der Waals surface area contributed by atoms with Crippen molar-refractivity contribution in [1.29, 1.82) is 0 Å². The topological polar surface area (TPSA) is 96.2 Å². The number of aromatic nitrogens is 2. The molecule has 1 amide bonds. The molecule has 0 radical (unpaired) electrons. The third kappa shape index (κ3) is 3.95. The van der Waals surface area contributed by atoms with E-state index >= 15 is 0 Å². The smallest absolute Gasteiger partial charge is 0.306 e. The van der Waals surface area contributed by atoms with E-state index < -0.39 is 5.97 Å². The summed E-state index contributed by atoms with van der Waals surface area (Å²) in [5, 5.41) is 15.7. The molecule has 0 atom stereocenters. The number of carbonyl (C=O) groups excluding carboxylic acids is 1. The zero-order chi connectivity index (χ0) is 19.7. The highest BCUT2D eigenvalue weighted by Gasteiger charge is 2.32. The Balaban J connectivity index is 1.28. The van der Waals surface area contributed by atoms with Crippen LogP contribution in [0, 0.1) is 11.8 Å². The van der Waals surface area contributed by atoms with Gasteiger partial charge in [0.05, 0.1) is 11.6 Å². The number of hydrogen-bond donors (Lipinski definition) is 3. The fourth-order valence-corrected chi connectivity index (χ4v) is 5.26. The highest BCUT2D eigenvalue weighted by molar-refractivity contribution is 5.79. The van der Waals surface area contributed by atoms with Gasteiger partial charge < -0.3 is 20.3 Å². The highest BCUT2D eigenvalue weighted by Crippen LogP contribution is 2.36. The third-order valence-electron chi connectivity index (χ3n) is 7.05. The summed E-state index contributed by atoms with van der Waals surface area (Å²) >= 11 is 0. The van der Waals surface area contributed by atoms with Crippen LogP contribution < -0.4 is 10.6 Å². The van der Waals surface area contributed by atoms with Crippen molar-refractivity contribution in [2.45, 2.75) is 76.3 Å². The number of carboxylic acids is 1. The van der Waals surface area contributed by atoms with Crippen molar-refractivity contribution in [3.05, 3.63) is 17.2 Å². The second-order valence-electron chi connectivity index (χ2n) is 8.79. The minimum Gasteiger partial charge on any atom is -0.481 e. The van der Waals surface area contributed by atoms with Gasteiger partial charge >= 0.3 is 5.97 Å². The van der Waals surface area contributed by atoms with Crippen LogP contribution in [0.1, 0.15) is 74.5 Å². The van der Waals surface area contributed by atoms with Gasteiger partial charge in [0.1, 0.15) is 5.82 Å². The number of imidazole rings is 1. The van der Waals surface area contributed by atoms with Crippen LogP contribution in [0.2, 0.25) is 0 Å². The van der Waals surface area contributed by atoms with Gasteiger partial charge in [-0.05, 0) is 51.4 Å². The van der Waals surface area contributed by atoms with Crippen LogP contribution in [-0.2, 0) is 29.6 Å². The van der Waals surface area contributed by atoms with Crippen molar-refractivity contribution in [3.63, 3.8) is 0 Å². The van der Waals surface area contributed by atoms with Crippen LogP contribution in [-0.4, -0.2) is 39.1 Å². The van der Waals surface area contributed by atoms with E-state index in [0.29, 0.717) is 18.8 Å². The van der Waals surface area contributed by atoms with Crippen LogP contribution in [0.25, 0.3) is 0 Å². The Morgan fingerprint density at radius 3 is 2.39 bits per heavy atom. The molecular formula is C21H32N4O3. The van der Waals surface area contributed by atoms with Gasteiger partial charge in [-0.15, -0.1) is 0 Å². The van der Waals surface area contributed by atoms with Crippen molar-refractivity contribution in [2.24, 2.45) is 18.9 Å². The second-order valence-corrected chi connectivity index (χ2v) is 8.79. The maximum Gasteiger partial charge on any atom is 0.306 e. The summed E-state index contributed by atoms with van der Waals surface area (Å²) in [5.41, 5.74) is 2.56. The number of nitrogens with zero attached hydrogens (tertiary/aromatic N) is 2. The first-order chi connectivity index (χ1) is 13.5. The summed E-state index contributed by atoms with van der Waals surface area (Å²) in [5.74, 6) is 0.966. The Bertz CT molecular complexity index is 728. The number of carbonyl (C=O) groups is 2. The van der Waals surface area contributed by atoms with E-state index in [-0.39, 0.29) is 23.8 Å². The molecule has 0 unspecified atom stereocenters. The Morgan fingerprint density at radius 2 is 1.75 bits per heavy atom. The minimum absolute atomic E-state index is 0.0880. The lowest BCUT2D eigenvalue weighted by Crippen LogP contribution is -2.42. The Hall–Kier alpha value is -1.89. The molecule has 1 aromatic heterocycles. The molecule has 7 heteroatoms. The van der Waals surface area contributed by atoms with E-state index in [4.69, 9.17) is 10.1 Å². The first-order valence-electron chi connectivity index (χ1n) is 10.8. The van der Waals surface area contributed by atoms with Crippen LogP contribution in [0.3, 0.4) is 0 Å². The SMILES string of the molecule is Cn1c(C2CCC(C(=O)NC3CCC(C(=O)O)CC3)CC2)nc2c1CCNC2. The summed E-state index contributed by atoms with van der Waals surface area (Å²) < 4.78 is 2.29. The van der Waals surface area contributed by atoms with Crippen LogP contribution >= 0.6 is 0 Å². The monoisotopic (exact) mass is 388 g/mol. The van der Waals surface area contributed by atoms with E-state index in [2.05, 4.69) is 22.2 Å². The molecule has 1 aliphatic heterocycles. The van der Waals surface area contributed by atoms with Gasteiger partial charge in [0.2, 0.25) is 5.91 Å². The maximum atomic E-state index is 12.7. The van der Waals surface area contributed by atoms with Gasteiger partial charge in [0.25, 0.3) is 0 Å². The molecule has 0 spiro atoms. The van der Waals surface area contributed by atoms with E-state index in [0.717, 1.165) is 58.0 Å². The zero-order valence-electron chi connectivity index (χ0n) is 16.7. The second kappa shape index (κ2) is 8.23. The molecule has 0 bridgehead atoms. The fourth-order valence-electron chi connectivity index (χ4n) is 5.26. The molecule has 0 aromatic carbocycles. The lowest BCUT2D eigenvalue weighted by molar-refractivity contribution is -0.142. The number of carboxylic acid groups (broad SMARTS) is 1. The number of aliphatic carboxylic acids is 1. The first-order valence-corrected chi connectivity index (χ1v) is 10.8. The average molecular weight is 389 g/mol. The molecule has 3 N–H and O–H groups in total. The Labute approximate surface area is 166 Å². The Morgan fingerprint density at radius 1 is 1.07 bits per heavy atom. The minimum atomic E-state index is -0.699. The van der Waals surface area contributed by atoms with E-state index in [1.165, 1.54) is 17.2 Å². The van der Waals surface area contributed by atoms with Crippen molar-refractivity contribution < 1.29 is 14.7 Å². The van der Waals surface area contributed by atoms with Crippen molar-refractivity contribution in [2.75, 3.05) is 6.54 Å². The van der Waals surface area contributed by atoms with Gasteiger partial charge in [0.15, 0.2) is 0 Å². The first kappa shape index (κ1) is 19.4. The van der Waals surface area contributed by atoms with Gasteiger partial charge in [-0.2, -0.15) is 0 Å². The quantitative estimate of drug-likeness (QED) is 0.734. The number of hydrogen-bond acceptors (Lipinski definition) is 4. The number of rotatable bonds is 4. The number of nitrogens with one attached hydrogen (secondary N) is 2. The summed E-state index contributed by atoms with van der Waals surface area (Å²) in [7, 11) is 2.14. The van der Waals surface area contributed by atoms with Crippen molar-refractivity contribution in [1.82, 2.24) is 20.2 Å². The highest BCUT2D eigenvalue weighted by atomic mass is 16.4. The van der Waals surface area contributed by atoms with Crippen LogP contribution in [0.15, 0.2) is 0 Å². The van der Waals surface area contributed by atoms with Crippen LogP contribution in [0.5, 0.6) is 0 Å². The fraction of sp³-hybridized carbons (Fsp3) is 0.762. The van der Waals surface area contributed by atoms with Crippen LogP contribution in [0.4, 0.5) is 0 Å². The molecule has 1 aromatic rings. The Kier molecular flexibility index (Phi) is 5.71. The number of fused-ring (bicyclic) bond motifs is 1. The molecule has 2 fully saturated rings. The lowest BCUT2D eigenvalue weighted by Gasteiger charge is -2.31. The summed E-state index contributed by atoms with van der Waals surface area (Å²) in [6.45, 7) is 1.89. The van der Waals surface area contributed by atoms with Gasteiger partial charge in [-0.3, -0.25) is 9.59 Å². The summed E-state index contributed by atoms with van der Waals surface area (Å²) in [4.78, 5) is 28.7. The molecular weight excluding hydrogens is 356 g/mol. The normalized spacial score (nSPS) is 30.5. The molecule has 154 valence electrons. The molecule has 7 nitrogen and oxygen atoms in total. The van der Waals surface area contributed by atoms with E-state index in [1.54, 1.807) is 0 Å².